The molecule has 0 fully saturated rings. The Morgan fingerprint density at radius 3 is 2.46 bits per heavy atom. The second kappa shape index (κ2) is 6.88. The van der Waals surface area contributed by atoms with Crippen LogP contribution in [0.4, 0.5) is 5.69 Å². The largest absolute Gasteiger partial charge is 0.464 e. The van der Waals surface area contributed by atoms with E-state index in [0.29, 0.717) is 12.5 Å². The molecule has 1 heterocycles. The van der Waals surface area contributed by atoms with Crippen molar-refractivity contribution in [3.63, 3.8) is 0 Å². The van der Waals surface area contributed by atoms with Crippen molar-refractivity contribution in [2.45, 2.75) is 53.0 Å². The van der Waals surface area contributed by atoms with Gasteiger partial charge >= 0.3 is 5.97 Å². The number of carbonyl (C=O) groups excluding carboxylic acids is 1. The maximum atomic E-state index is 11.2. The van der Waals surface area contributed by atoms with Crippen molar-refractivity contribution < 1.29 is 9.53 Å². The Morgan fingerprint density at radius 2 is 1.92 bits per heavy atom. The van der Waals surface area contributed by atoms with E-state index in [9.17, 15) is 4.79 Å². The van der Waals surface area contributed by atoms with E-state index < -0.39 is 0 Å². The third kappa shape index (κ3) is 3.74. The van der Waals surface area contributed by atoms with E-state index in [2.05, 4.69) is 69.7 Å². The average molecular weight is 330 g/mol. The van der Waals surface area contributed by atoms with Crippen LogP contribution >= 0.6 is 0 Å². The van der Waals surface area contributed by atoms with Crippen LogP contribution in [0.15, 0.2) is 24.4 Å². The third-order valence-electron chi connectivity index (χ3n) is 4.61. The summed E-state index contributed by atoms with van der Waals surface area (Å²) < 4.78 is 5.29. The Morgan fingerprint density at radius 1 is 1.25 bits per heavy atom. The molecule has 1 aromatic carbocycles. The highest BCUT2D eigenvalue weighted by Crippen LogP contribution is 2.35. The summed E-state index contributed by atoms with van der Waals surface area (Å²) in [6, 6.07) is 6.64. The first-order valence-corrected chi connectivity index (χ1v) is 8.59. The predicted molar refractivity (Wildman–Crippen MR) is 101 cm³/mol. The maximum Gasteiger partial charge on any atom is 0.302 e. The minimum Gasteiger partial charge on any atom is -0.464 e. The van der Waals surface area contributed by atoms with Gasteiger partial charge in [-0.05, 0) is 29.0 Å². The Labute approximate surface area is 145 Å². The third-order valence-corrected chi connectivity index (χ3v) is 4.61. The van der Waals surface area contributed by atoms with E-state index in [1.54, 1.807) is 0 Å². The van der Waals surface area contributed by atoms with Gasteiger partial charge in [-0.2, -0.15) is 0 Å². The molecule has 4 heteroatoms. The summed E-state index contributed by atoms with van der Waals surface area (Å²) in [6.45, 7) is 12.8. The van der Waals surface area contributed by atoms with Crippen molar-refractivity contribution >= 4 is 22.6 Å². The molecule has 4 nitrogen and oxygen atoms in total. The molecule has 24 heavy (non-hydrogen) atoms. The van der Waals surface area contributed by atoms with E-state index >= 15 is 0 Å². The molecule has 1 N–H and O–H groups in total. The number of hydrogen-bond acceptors (Lipinski definition) is 3. The summed E-state index contributed by atoms with van der Waals surface area (Å²) in [7, 11) is 2.08. The molecule has 1 unspecified atom stereocenters. The fourth-order valence-corrected chi connectivity index (χ4v) is 3.21. The SMILES string of the molecule is CC(=O)OCC(C(C)C)N(C)c1ccc(C(C)(C)C)c2[nH]ccc12. The van der Waals surface area contributed by atoms with Gasteiger partial charge in [0.2, 0.25) is 0 Å². The lowest BCUT2D eigenvalue weighted by Crippen LogP contribution is -2.40. The van der Waals surface area contributed by atoms with Gasteiger partial charge in [-0.25, -0.2) is 0 Å². The number of ether oxygens (including phenoxy) is 1. The van der Waals surface area contributed by atoms with Crippen LogP contribution in [0, 0.1) is 5.92 Å². The van der Waals surface area contributed by atoms with Crippen LogP contribution in [0.1, 0.15) is 47.1 Å². The van der Waals surface area contributed by atoms with Crippen molar-refractivity contribution in [2.24, 2.45) is 5.92 Å². The second-order valence-electron chi connectivity index (χ2n) is 7.87. The number of likely N-dealkylation sites (N-methyl/N-ethyl adjacent to an activating group) is 1. The van der Waals surface area contributed by atoms with Crippen molar-refractivity contribution in [3.05, 3.63) is 30.0 Å². The van der Waals surface area contributed by atoms with Crippen molar-refractivity contribution in [1.82, 2.24) is 4.98 Å². The summed E-state index contributed by atoms with van der Waals surface area (Å²) in [4.78, 5) is 16.8. The molecular weight excluding hydrogens is 300 g/mol. The lowest BCUT2D eigenvalue weighted by atomic mass is 9.85. The summed E-state index contributed by atoms with van der Waals surface area (Å²) in [6.07, 6.45) is 1.99. The standard InChI is InChI=1S/C20H30N2O2/c1-13(2)18(12-24-14(3)23)22(7)17-9-8-16(20(4,5)6)19-15(17)10-11-21-19/h8-11,13,18,21H,12H2,1-7H3. The van der Waals surface area contributed by atoms with Crippen LogP contribution in [-0.4, -0.2) is 30.6 Å². The molecule has 0 spiro atoms. The monoisotopic (exact) mass is 330 g/mol. The molecule has 0 bridgehead atoms. The molecule has 2 rings (SSSR count). The number of rotatable bonds is 5. The molecule has 0 aliphatic carbocycles. The average Bonchev–Trinajstić information content (AvgIpc) is 2.93. The van der Waals surface area contributed by atoms with Gasteiger partial charge in [0.05, 0.1) is 11.6 Å². The van der Waals surface area contributed by atoms with Gasteiger partial charge in [-0.3, -0.25) is 4.79 Å². The Kier molecular flexibility index (Phi) is 5.26. The van der Waals surface area contributed by atoms with Crippen LogP contribution in [0.2, 0.25) is 0 Å². The first-order valence-electron chi connectivity index (χ1n) is 8.59. The molecular formula is C20H30N2O2. The van der Waals surface area contributed by atoms with Crippen molar-refractivity contribution in [3.8, 4) is 0 Å². The minimum atomic E-state index is -0.232. The van der Waals surface area contributed by atoms with E-state index in [4.69, 9.17) is 4.74 Å². The number of anilines is 1. The molecule has 132 valence electrons. The number of hydrogen-bond donors (Lipinski definition) is 1. The van der Waals surface area contributed by atoms with E-state index in [-0.39, 0.29) is 17.4 Å². The normalized spacial score (nSPS) is 13.3. The number of fused-ring (bicyclic) bond motifs is 1. The molecule has 0 amide bonds. The molecule has 0 saturated carbocycles. The number of benzene rings is 1. The van der Waals surface area contributed by atoms with Gasteiger partial charge in [0.25, 0.3) is 0 Å². The zero-order chi connectivity index (χ0) is 18.1. The number of esters is 1. The van der Waals surface area contributed by atoms with Crippen LogP contribution in [-0.2, 0) is 14.9 Å². The van der Waals surface area contributed by atoms with E-state index in [1.807, 2.05) is 6.20 Å². The van der Waals surface area contributed by atoms with Crippen LogP contribution < -0.4 is 4.90 Å². The summed E-state index contributed by atoms with van der Waals surface area (Å²) in [5.41, 5.74) is 3.72. The number of carbonyl (C=O) groups is 1. The van der Waals surface area contributed by atoms with Crippen molar-refractivity contribution in [1.29, 1.82) is 0 Å². The minimum absolute atomic E-state index is 0.0788. The quantitative estimate of drug-likeness (QED) is 0.822. The molecule has 0 aliphatic heterocycles. The Hall–Kier alpha value is -1.97. The lowest BCUT2D eigenvalue weighted by molar-refractivity contribution is -0.141. The van der Waals surface area contributed by atoms with Crippen LogP contribution in [0.3, 0.4) is 0 Å². The Bertz CT molecular complexity index is 710. The molecule has 1 aromatic heterocycles. The smallest absolute Gasteiger partial charge is 0.302 e. The first-order chi connectivity index (χ1) is 11.1. The highest BCUT2D eigenvalue weighted by molar-refractivity contribution is 5.95. The van der Waals surface area contributed by atoms with E-state index in [0.717, 1.165) is 5.69 Å². The maximum absolute atomic E-state index is 11.2. The van der Waals surface area contributed by atoms with Gasteiger partial charge in [0.15, 0.2) is 0 Å². The zero-order valence-corrected chi connectivity index (χ0v) is 15.9. The highest BCUT2D eigenvalue weighted by atomic mass is 16.5. The molecule has 2 aromatic rings. The second-order valence-corrected chi connectivity index (χ2v) is 7.87. The van der Waals surface area contributed by atoms with Crippen LogP contribution in [0.25, 0.3) is 10.9 Å². The fraction of sp³-hybridized carbons (Fsp3) is 0.550. The number of H-pyrrole nitrogens is 1. The number of aromatic nitrogens is 1. The number of nitrogens with zero attached hydrogens (tertiary/aromatic N) is 1. The topological polar surface area (TPSA) is 45.3 Å². The molecule has 1 atom stereocenters. The van der Waals surface area contributed by atoms with Gasteiger partial charge in [0.1, 0.15) is 6.61 Å². The molecule has 0 aliphatic rings. The summed E-state index contributed by atoms with van der Waals surface area (Å²) >= 11 is 0. The van der Waals surface area contributed by atoms with Gasteiger partial charge in [-0.1, -0.05) is 40.7 Å². The summed E-state index contributed by atoms with van der Waals surface area (Å²) in [5, 5.41) is 1.21. The Balaban J connectivity index is 2.44. The molecule has 0 saturated heterocycles. The highest BCUT2D eigenvalue weighted by Gasteiger charge is 2.24. The van der Waals surface area contributed by atoms with E-state index in [1.165, 1.54) is 23.4 Å². The fourth-order valence-electron chi connectivity index (χ4n) is 3.21. The first kappa shape index (κ1) is 18.4. The van der Waals surface area contributed by atoms with Gasteiger partial charge in [-0.15, -0.1) is 0 Å². The number of aromatic amines is 1. The number of nitrogens with one attached hydrogen (secondary N) is 1. The van der Waals surface area contributed by atoms with Crippen molar-refractivity contribution in [2.75, 3.05) is 18.6 Å². The van der Waals surface area contributed by atoms with Gasteiger partial charge in [0, 0.05) is 31.2 Å². The predicted octanol–water partition coefficient (Wildman–Crippen LogP) is 4.49. The summed E-state index contributed by atoms with van der Waals surface area (Å²) in [5.74, 6) is 0.134. The van der Waals surface area contributed by atoms with Gasteiger partial charge < -0.3 is 14.6 Å². The van der Waals surface area contributed by atoms with Crippen LogP contribution in [0.5, 0.6) is 0 Å². The molecule has 0 radical (unpaired) electrons. The lowest BCUT2D eigenvalue weighted by Gasteiger charge is -2.33. The zero-order valence-electron chi connectivity index (χ0n) is 15.9.